The molecule has 0 saturated carbocycles. The molecule has 0 aliphatic rings. The summed E-state index contributed by atoms with van der Waals surface area (Å²) in [4.78, 5) is 25.2. The maximum Gasteiger partial charge on any atom is 0.409 e. The smallest absolute Gasteiger partial charge is 0.409 e. The Morgan fingerprint density at radius 2 is 1.48 bits per heavy atom. The quantitative estimate of drug-likeness (QED) is 0.485. The van der Waals surface area contributed by atoms with Gasteiger partial charge in [0.1, 0.15) is 0 Å². The molecule has 0 fully saturated rings. The van der Waals surface area contributed by atoms with Crippen LogP contribution in [0.5, 0.6) is 0 Å². The first kappa shape index (κ1) is 19.8. The second-order valence-corrected chi connectivity index (χ2v) is 6.70. The lowest BCUT2D eigenvalue weighted by Crippen LogP contribution is -2.13. The van der Waals surface area contributed by atoms with Crippen LogP contribution in [-0.4, -0.2) is 31.2 Å². The van der Waals surface area contributed by atoms with Gasteiger partial charge in [-0.05, 0) is 59.7 Å². The largest absolute Gasteiger partial charge is 0.465 e. The molecular weight excluding hydrogens is 368 g/mol. The van der Waals surface area contributed by atoms with Gasteiger partial charge in [-0.25, -0.2) is 4.79 Å². The molecule has 3 aromatic carbocycles. The van der Waals surface area contributed by atoms with E-state index in [1.165, 1.54) is 12.1 Å². The third kappa shape index (κ3) is 4.84. The first-order valence-corrected chi connectivity index (χ1v) is 8.92. The highest BCUT2D eigenvalue weighted by atomic mass is 16.4. The van der Waals surface area contributed by atoms with Crippen molar-refractivity contribution in [2.75, 3.05) is 35.4 Å². The lowest BCUT2D eigenvalue weighted by Gasteiger charge is -2.14. The number of benzene rings is 3. The average Bonchev–Trinajstić information content (AvgIpc) is 2.70. The molecule has 0 saturated heterocycles. The average molecular weight is 390 g/mol. The zero-order valence-corrected chi connectivity index (χ0v) is 16.1. The summed E-state index contributed by atoms with van der Waals surface area (Å²) in [6.45, 7) is 0. The summed E-state index contributed by atoms with van der Waals surface area (Å²) < 4.78 is 0. The minimum Gasteiger partial charge on any atom is -0.465 e. The van der Waals surface area contributed by atoms with Crippen LogP contribution in [0.4, 0.5) is 27.5 Å². The van der Waals surface area contributed by atoms with Crippen LogP contribution in [0.1, 0.15) is 10.4 Å². The number of nitrogens with zero attached hydrogens (tertiary/aromatic N) is 1. The van der Waals surface area contributed by atoms with Crippen LogP contribution in [0.15, 0.2) is 66.7 Å². The van der Waals surface area contributed by atoms with Crippen LogP contribution in [0.25, 0.3) is 11.1 Å². The van der Waals surface area contributed by atoms with Gasteiger partial charge in [-0.2, -0.15) is 0 Å². The normalized spacial score (nSPS) is 10.3. The lowest BCUT2D eigenvalue weighted by atomic mass is 10.0. The van der Waals surface area contributed by atoms with Crippen molar-refractivity contribution in [3.05, 3.63) is 72.3 Å². The summed E-state index contributed by atoms with van der Waals surface area (Å²) in [6, 6.07) is 19.7. The van der Waals surface area contributed by atoms with Crippen molar-refractivity contribution in [3.63, 3.8) is 0 Å². The summed E-state index contributed by atoms with van der Waals surface area (Å²) in [6.07, 6.45) is -1.16. The number of carbonyl (C=O) groups excluding carboxylic acids is 1. The van der Waals surface area contributed by atoms with Crippen LogP contribution in [0.2, 0.25) is 0 Å². The van der Waals surface area contributed by atoms with Gasteiger partial charge in [0.05, 0.1) is 11.4 Å². The third-order valence-electron chi connectivity index (χ3n) is 4.42. The van der Waals surface area contributed by atoms with Gasteiger partial charge in [0, 0.05) is 31.0 Å². The van der Waals surface area contributed by atoms with E-state index in [9.17, 15) is 9.59 Å². The number of anilines is 4. The standard InChI is InChI=1S/C22H22N4O3/c1-26(2)18-10-5-14(6-11-18)16-7-12-19(23)20(13-16)25-21(27)15-3-8-17(9-4-15)24-22(28)29/h3-13,24H,23H2,1-2H3,(H,25,27)(H,28,29). The maximum absolute atomic E-state index is 12.6. The fourth-order valence-electron chi connectivity index (χ4n) is 2.82. The Morgan fingerprint density at radius 1 is 0.862 bits per heavy atom. The minimum atomic E-state index is -1.16. The molecule has 0 atom stereocenters. The zero-order chi connectivity index (χ0) is 21.0. The highest BCUT2D eigenvalue weighted by Gasteiger charge is 2.10. The van der Waals surface area contributed by atoms with Crippen molar-refractivity contribution < 1.29 is 14.7 Å². The number of carboxylic acid groups (broad SMARTS) is 1. The molecule has 0 aromatic heterocycles. The van der Waals surface area contributed by atoms with Crippen molar-refractivity contribution in [1.82, 2.24) is 0 Å². The molecular formula is C22H22N4O3. The Bertz CT molecular complexity index is 1030. The molecule has 0 unspecified atom stereocenters. The summed E-state index contributed by atoms with van der Waals surface area (Å²) >= 11 is 0. The number of amides is 2. The van der Waals surface area contributed by atoms with Gasteiger partial charge in [-0.15, -0.1) is 0 Å². The van der Waals surface area contributed by atoms with E-state index >= 15 is 0 Å². The van der Waals surface area contributed by atoms with Crippen LogP contribution in [0, 0.1) is 0 Å². The fraction of sp³-hybridized carbons (Fsp3) is 0.0909. The fourth-order valence-corrected chi connectivity index (χ4v) is 2.82. The van der Waals surface area contributed by atoms with Gasteiger partial charge in [0.15, 0.2) is 0 Å². The number of rotatable bonds is 5. The van der Waals surface area contributed by atoms with Gasteiger partial charge < -0.3 is 21.1 Å². The Morgan fingerprint density at radius 3 is 2.07 bits per heavy atom. The summed E-state index contributed by atoms with van der Waals surface area (Å²) in [5.41, 5.74) is 10.8. The van der Waals surface area contributed by atoms with Crippen molar-refractivity contribution in [2.45, 2.75) is 0 Å². The molecule has 29 heavy (non-hydrogen) atoms. The molecule has 7 heteroatoms. The van der Waals surface area contributed by atoms with E-state index in [4.69, 9.17) is 10.8 Å². The van der Waals surface area contributed by atoms with E-state index in [1.807, 2.05) is 55.4 Å². The molecule has 148 valence electrons. The molecule has 0 bridgehead atoms. The first-order valence-electron chi connectivity index (χ1n) is 8.92. The zero-order valence-electron chi connectivity index (χ0n) is 16.1. The van der Waals surface area contributed by atoms with Gasteiger partial charge >= 0.3 is 6.09 Å². The highest BCUT2D eigenvalue weighted by Crippen LogP contribution is 2.29. The number of carbonyl (C=O) groups is 2. The van der Waals surface area contributed by atoms with Crippen LogP contribution in [-0.2, 0) is 0 Å². The Balaban J connectivity index is 1.79. The maximum atomic E-state index is 12.6. The van der Waals surface area contributed by atoms with Gasteiger partial charge in [0.25, 0.3) is 5.91 Å². The van der Waals surface area contributed by atoms with Gasteiger partial charge in [-0.3, -0.25) is 10.1 Å². The van der Waals surface area contributed by atoms with E-state index in [2.05, 4.69) is 10.6 Å². The molecule has 2 amide bonds. The van der Waals surface area contributed by atoms with Crippen LogP contribution in [0.3, 0.4) is 0 Å². The van der Waals surface area contributed by atoms with E-state index in [0.29, 0.717) is 22.6 Å². The van der Waals surface area contributed by atoms with Crippen molar-refractivity contribution >= 4 is 34.7 Å². The lowest BCUT2D eigenvalue weighted by molar-refractivity contribution is 0.102. The Labute approximate surface area is 168 Å². The van der Waals surface area contributed by atoms with Crippen molar-refractivity contribution in [3.8, 4) is 11.1 Å². The number of nitrogen functional groups attached to an aromatic ring is 1. The van der Waals surface area contributed by atoms with E-state index in [0.717, 1.165) is 16.8 Å². The second kappa shape index (κ2) is 8.35. The number of nitrogens with two attached hydrogens (primary N) is 1. The molecule has 0 aliphatic heterocycles. The predicted molar refractivity (Wildman–Crippen MR) is 117 cm³/mol. The van der Waals surface area contributed by atoms with Gasteiger partial charge in [0.2, 0.25) is 0 Å². The Hall–Kier alpha value is -4.00. The molecule has 0 radical (unpaired) electrons. The van der Waals surface area contributed by atoms with E-state index in [-0.39, 0.29) is 5.91 Å². The first-order chi connectivity index (χ1) is 13.8. The minimum absolute atomic E-state index is 0.335. The molecule has 7 nitrogen and oxygen atoms in total. The van der Waals surface area contributed by atoms with Crippen molar-refractivity contribution in [1.29, 1.82) is 0 Å². The summed E-state index contributed by atoms with van der Waals surface area (Å²) in [5.74, 6) is -0.335. The third-order valence-corrected chi connectivity index (χ3v) is 4.42. The SMILES string of the molecule is CN(C)c1ccc(-c2ccc(N)c(NC(=O)c3ccc(NC(=O)O)cc3)c2)cc1. The van der Waals surface area contributed by atoms with Crippen LogP contribution >= 0.6 is 0 Å². The Kier molecular flexibility index (Phi) is 5.69. The molecule has 0 spiro atoms. The van der Waals surface area contributed by atoms with Gasteiger partial charge in [-0.1, -0.05) is 18.2 Å². The number of hydrogen-bond donors (Lipinski definition) is 4. The molecule has 5 N–H and O–H groups in total. The van der Waals surface area contributed by atoms with E-state index < -0.39 is 6.09 Å². The molecule has 0 heterocycles. The van der Waals surface area contributed by atoms with Crippen LogP contribution < -0.4 is 21.3 Å². The monoisotopic (exact) mass is 390 g/mol. The van der Waals surface area contributed by atoms with E-state index in [1.54, 1.807) is 18.2 Å². The highest BCUT2D eigenvalue weighted by molar-refractivity contribution is 6.06. The summed E-state index contributed by atoms with van der Waals surface area (Å²) in [7, 11) is 3.96. The number of nitrogens with one attached hydrogen (secondary N) is 2. The number of hydrogen-bond acceptors (Lipinski definition) is 4. The summed E-state index contributed by atoms with van der Waals surface area (Å²) in [5, 5.41) is 13.8. The van der Waals surface area contributed by atoms with Crippen molar-refractivity contribution in [2.24, 2.45) is 0 Å². The predicted octanol–water partition coefficient (Wildman–Crippen LogP) is 4.34. The topological polar surface area (TPSA) is 108 Å². The molecule has 3 aromatic rings. The second-order valence-electron chi connectivity index (χ2n) is 6.70. The molecule has 3 rings (SSSR count). The molecule has 0 aliphatic carbocycles.